The fraction of sp³-hybridized carbons (Fsp3) is 0.207. The van der Waals surface area contributed by atoms with E-state index in [1.807, 2.05) is 18.2 Å². The number of fused-ring (bicyclic) bond motifs is 3. The smallest absolute Gasteiger partial charge is 0.253 e. The van der Waals surface area contributed by atoms with Crippen LogP contribution in [0.1, 0.15) is 41.0 Å². The molecule has 0 radical (unpaired) electrons. The second-order valence-corrected chi connectivity index (χ2v) is 9.69. The van der Waals surface area contributed by atoms with Crippen molar-refractivity contribution in [2.24, 2.45) is 10.7 Å². The van der Waals surface area contributed by atoms with Crippen molar-refractivity contribution in [2.75, 3.05) is 18.4 Å². The number of hydrogen-bond donors (Lipinski definition) is 2. The van der Waals surface area contributed by atoms with Crippen LogP contribution < -0.4 is 11.1 Å². The van der Waals surface area contributed by atoms with Gasteiger partial charge in [-0.1, -0.05) is 25.1 Å². The van der Waals surface area contributed by atoms with Gasteiger partial charge in [0, 0.05) is 64.5 Å². The molecule has 1 unspecified atom stereocenters. The number of nitrogens with one attached hydrogen (secondary N) is 1. The first kappa shape index (κ1) is 26.4. The molecular formula is C29H27ClFN7O. The Labute approximate surface area is 230 Å². The molecule has 1 atom stereocenters. The van der Waals surface area contributed by atoms with Gasteiger partial charge in [-0.2, -0.15) is 0 Å². The van der Waals surface area contributed by atoms with Gasteiger partial charge in [0.2, 0.25) is 5.95 Å². The van der Waals surface area contributed by atoms with Crippen LogP contribution in [-0.2, 0) is 6.54 Å². The minimum atomic E-state index is -0.467. The maximum atomic E-state index is 14.7. The Kier molecular flexibility index (Phi) is 7.36. The number of nitrogens with two attached hydrogens (primary N) is 1. The molecule has 0 spiro atoms. The largest absolute Gasteiger partial charge is 0.337 e. The van der Waals surface area contributed by atoms with Gasteiger partial charge in [0.1, 0.15) is 5.69 Å². The van der Waals surface area contributed by atoms with Crippen molar-refractivity contribution in [2.45, 2.75) is 26.4 Å². The average Bonchev–Trinajstić information content (AvgIpc) is 3.30. The van der Waals surface area contributed by atoms with Gasteiger partial charge in [-0.3, -0.25) is 14.8 Å². The molecule has 8 nitrogen and oxygen atoms in total. The summed E-state index contributed by atoms with van der Waals surface area (Å²) < 4.78 is 14.7. The number of aromatic nitrogens is 3. The zero-order valence-corrected chi connectivity index (χ0v) is 21.0. The number of benzene rings is 2. The molecule has 198 valence electrons. The molecule has 0 saturated carbocycles. The van der Waals surface area contributed by atoms with E-state index >= 15 is 0 Å². The number of carbonyl (C=O) groups is 1. The number of carbonyl (C=O) groups excluding carboxylic acids is 1. The summed E-state index contributed by atoms with van der Waals surface area (Å²) in [5.41, 5.74) is 10.7. The van der Waals surface area contributed by atoms with Crippen LogP contribution in [-0.4, -0.2) is 50.6 Å². The highest BCUT2D eigenvalue weighted by Gasteiger charge is 2.25. The molecule has 4 heterocycles. The van der Waals surface area contributed by atoms with Crippen molar-refractivity contribution >= 4 is 34.9 Å². The van der Waals surface area contributed by atoms with Crippen LogP contribution in [0, 0.1) is 5.82 Å². The number of rotatable bonds is 4. The standard InChI is InChI=1S/C28H23ClFN7O.CH4/c29-18-5-8-21-22(12-18)25(26-23(30)2-1-10-32-26)33-13-17-14-34-28(36-24(17)21)35-20-6-3-16(4-7-20)27(38)37-11-9-19(31)15-37;/h1-8,10,12,14,19H,9,11,13,15,31H2,(H,34,35,36);1H4. The number of hydrogen-bond acceptors (Lipinski definition) is 7. The third kappa shape index (κ3) is 5.23. The fourth-order valence-electron chi connectivity index (χ4n) is 4.73. The van der Waals surface area contributed by atoms with Gasteiger partial charge in [-0.15, -0.1) is 0 Å². The second-order valence-electron chi connectivity index (χ2n) is 9.26. The van der Waals surface area contributed by atoms with Gasteiger partial charge in [-0.05, 0) is 55.0 Å². The summed E-state index contributed by atoms with van der Waals surface area (Å²) in [5.74, 6) is -0.117. The molecule has 6 rings (SSSR count). The zero-order valence-electron chi connectivity index (χ0n) is 20.2. The molecule has 4 aromatic rings. The van der Waals surface area contributed by atoms with E-state index in [2.05, 4.69) is 20.3 Å². The van der Waals surface area contributed by atoms with Gasteiger partial charge in [0.25, 0.3) is 5.91 Å². The number of nitrogens with zero attached hydrogens (tertiary/aromatic N) is 5. The molecule has 2 aromatic heterocycles. The number of anilines is 2. The van der Waals surface area contributed by atoms with E-state index in [1.54, 1.807) is 35.4 Å². The van der Waals surface area contributed by atoms with Crippen molar-refractivity contribution < 1.29 is 9.18 Å². The SMILES string of the molecule is C.NC1CCN(C(=O)c2ccc(Nc3ncc4c(n3)-c3ccc(Cl)cc3C(c3ncccc3F)=NC4)cc2)C1. The second kappa shape index (κ2) is 10.9. The van der Waals surface area contributed by atoms with Crippen LogP contribution in [0.2, 0.25) is 5.02 Å². The molecule has 1 saturated heterocycles. The molecular weight excluding hydrogens is 517 g/mol. The quantitative estimate of drug-likeness (QED) is 0.364. The van der Waals surface area contributed by atoms with Crippen LogP contribution in [0.3, 0.4) is 0 Å². The summed E-state index contributed by atoms with van der Waals surface area (Å²) in [7, 11) is 0. The molecule has 39 heavy (non-hydrogen) atoms. The lowest BCUT2D eigenvalue weighted by Gasteiger charge is -2.16. The Hall–Kier alpha value is -4.21. The summed E-state index contributed by atoms with van der Waals surface area (Å²) >= 11 is 6.32. The summed E-state index contributed by atoms with van der Waals surface area (Å²) in [6.07, 6.45) is 4.06. The van der Waals surface area contributed by atoms with Crippen molar-refractivity contribution in [3.8, 4) is 11.3 Å². The number of likely N-dealkylation sites (tertiary alicyclic amines) is 1. The molecule has 3 N–H and O–H groups in total. The van der Waals surface area contributed by atoms with Crippen LogP contribution in [0.5, 0.6) is 0 Å². The van der Waals surface area contributed by atoms with E-state index in [4.69, 9.17) is 22.3 Å². The minimum absolute atomic E-state index is 0. The Morgan fingerprint density at radius 3 is 2.64 bits per heavy atom. The lowest BCUT2D eigenvalue weighted by molar-refractivity contribution is 0.0791. The Balaban J connectivity index is 0.00000308. The van der Waals surface area contributed by atoms with E-state index in [-0.39, 0.29) is 31.6 Å². The van der Waals surface area contributed by atoms with Gasteiger partial charge < -0.3 is 16.0 Å². The number of halogens is 2. The number of amides is 1. The maximum absolute atomic E-state index is 14.7. The van der Waals surface area contributed by atoms with Crippen LogP contribution >= 0.6 is 11.6 Å². The highest BCUT2D eigenvalue weighted by Crippen LogP contribution is 2.34. The van der Waals surface area contributed by atoms with Crippen LogP contribution in [0.4, 0.5) is 16.0 Å². The molecule has 2 aromatic carbocycles. The summed E-state index contributed by atoms with van der Waals surface area (Å²) in [6.45, 7) is 1.51. The predicted molar refractivity (Wildman–Crippen MR) is 151 cm³/mol. The summed E-state index contributed by atoms with van der Waals surface area (Å²) in [5, 5.41) is 3.70. The molecule has 0 aliphatic carbocycles. The van der Waals surface area contributed by atoms with E-state index in [0.29, 0.717) is 46.6 Å². The molecule has 1 fully saturated rings. The van der Waals surface area contributed by atoms with Gasteiger partial charge in [0.05, 0.1) is 18.0 Å². The Morgan fingerprint density at radius 2 is 1.90 bits per heavy atom. The molecule has 2 aliphatic rings. The van der Waals surface area contributed by atoms with E-state index in [0.717, 1.165) is 23.2 Å². The van der Waals surface area contributed by atoms with Crippen molar-refractivity contribution in [3.05, 3.63) is 100 Å². The zero-order chi connectivity index (χ0) is 26.2. The van der Waals surface area contributed by atoms with E-state index < -0.39 is 5.82 Å². The van der Waals surface area contributed by atoms with Crippen molar-refractivity contribution in [3.63, 3.8) is 0 Å². The molecule has 1 amide bonds. The van der Waals surface area contributed by atoms with Crippen LogP contribution in [0.15, 0.2) is 72.0 Å². The van der Waals surface area contributed by atoms with Crippen molar-refractivity contribution in [1.82, 2.24) is 19.9 Å². The Bertz CT molecular complexity index is 1570. The first-order valence-electron chi connectivity index (χ1n) is 12.2. The number of aliphatic imine (C=N–C) groups is 1. The third-order valence-electron chi connectivity index (χ3n) is 6.65. The van der Waals surface area contributed by atoms with Gasteiger partial charge in [0.15, 0.2) is 5.82 Å². The summed E-state index contributed by atoms with van der Waals surface area (Å²) in [4.78, 5) is 32.6. The Morgan fingerprint density at radius 1 is 1.08 bits per heavy atom. The highest BCUT2D eigenvalue weighted by atomic mass is 35.5. The summed E-state index contributed by atoms with van der Waals surface area (Å²) in [6, 6.07) is 15.5. The average molecular weight is 544 g/mol. The first-order chi connectivity index (χ1) is 18.5. The lowest BCUT2D eigenvalue weighted by atomic mass is 9.97. The maximum Gasteiger partial charge on any atom is 0.253 e. The normalized spacial score (nSPS) is 15.9. The van der Waals surface area contributed by atoms with E-state index in [9.17, 15) is 9.18 Å². The van der Waals surface area contributed by atoms with Gasteiger partial charge in [-0.25, -0.2) is 14.4 Å². The van der Waals surface area contributed by atoms with E-state index in [1.165, 1.54) is 18.3 Å². The topological polar surface area (TPSA) is 109 Å². The molecule has 2 aliphatic heterocycles. The first-order valence-corrected chi connectivity index (χ1v) is 12.6. The van der Waals surface area contributed by atoms with Crippen molar-refractivity contribution in [1.29, 1.82) is 0 Å². The third-order valence-corrected chi connectivity index (χ3v) is 6.88. The highest BCUT2D eigenvalue weighted by molar-refractivity contribution is 6.31. The predicted octanol–water partition coefficient (Wildman–Crippen LogP) is 5.24. The number of pyridine rings is 1. The molecule has 0 bridgehead atoms. The lowest BCUT2D eigenvalue weighted by Crippen LogP contribution is -2.31. The van der Waals surface area contributed by atoms with Gasteiger partial charge >= 0.3 is 0 Å². The fourth-order valence-corrected chi connectivity index (χ4v) is 4.90. The monoisotopic (exact) mass is 543 g/mol. The minimum Gasteiger partial charge on any atom is -0.337 e. The van der Waals surface area contributed by atoms with Crippen LogP contribution in [0.25, 0.3) is 11.3 Å². The molecule has 10 heteroatoms.